The highest BCUT2D eigenvalue weighted by Gasteiger charge is 2.12. The van der Waals surface area contributed by atoms with Crippen LogP contribution in [0.2, 0.25) is 0 Å². The molecule has 2 aromatic rings. The number of carbonyl (C=O) groups excluding carboxylic acids is 1. The highest BCUT2D eigenvalue weighted by atomic mass is 32.2. The van der Waals surface area contributed by atoms with Gasteiger partial charge in [-0.3, -0.25) is 14.6 Å². The number of carboxylic acids is 1. The molecule has 0 bridgehead atoms. The minimum atomic E-state index is -4.13. The van der Waals surface area contributed by atoms with Crippen LogP contribution in [0.25, 0.3) is 0 Å². The molecule has 17 nitrogen and oxygen atoms in total. The summed E-state index contributed by atoms with van der Waals surface area (Å²) >= 11 is 0. The summed E-state index contributed by atoms with van der Waals surface area (Å²) in [5, 5.41) is 18.7. The van der Waals surface area contributed by atoms with Gasteiger partial charge in [-0.1, -0.05) is 125 Å². The van der Waals surface area contributed by atoms with Crippen LogP contribution in [0, 0.1) is 0 Å². The van der Waals surface area contributed by atoms with E-state index in [0.29, 0.717) is 31.1 Å². The molecule has 0 amide bonds. The molecule has 0 aliphatic rings. The van der Waals surface area contributed by atoms with Crippen molar-refractivity contribution in [3.05, 3.63) is 60.7 Å². The Morgan fingerprint density at radius 1 is 0.651 bits per heavy atom. The first-order valence-corrected chi connectivity index (χ1v) is 25.3. The molecule has 0 heterocycles. The van der Waals surface area contributed by atoms with Crippen molar-refractivity contribution in [2.24, 2.45) is 19.7 Å². The average Bonchev–Trinajstić information content (AvgIpc) is 3.21. The number of ether oxygens (including phenoxy) is 3. The number of hydrogen-bond donors (Lipinski definition) is 4. The summed E-state index contributed by atoms with van der Waals surface area (Å²) in [6.45, 7) is 6.08. The van der Waals surface area contributed by atoms with Crippen molar-refractivity contribution in [2.75, 3.05) is 46.9 Å². The molecule has 0 aliphatic heterocycles. The van der Waals surface area contributed by atoms with Crippen LogP contribution in [0.5, 0.6) is 11.5 Å². The Hall–Kier alpha value is -4.30. The Balaban J connectivity index is 0.000000815. The van der Waals surface area contributed by atoms with Crippen LogP contribution in [0.15, 0.2) is 70.1 Å². The van der Waals surface area contributed by atoms with Crippen LogP contribution < -0.4 is 24.5 Å². The Bertz CT molecular complexity index is 1740. The fraction of sp³-hybridized carbons (Fsp3) is 0.636. The van der Waals surface area contributed by atoms with Gasteiger partial charge in [0.2, 0.25) is 5.96 Å². The molecule has 2 aromatic carbocycles. The number of carboxylic acid groups (broad SMARTS) is 1. The first-order valence-electron chi connectivity index (χ1n) is 22.3. The lowest BCUT2D eigenvalue weighted by Gasteiger charge is -2.22. The van der Waals surface area contributed by atoms with Crippen molar-refractivity contribution in [1.82, 2.24) is 14.5 Å². The molecule has 0 radical (unpaired) electrons. The van der Waals surface area contributed by atoms with Gasteiger partial charge in [-0.2, -0.15) is 16.8 Å². The second-order valence-electron chi connectivity index (χ2n) is 15.4. The second-order valence-corrected chi connectivity index (χ2v) is 17.9. The van der Waals surface area contributed by atoms with E-state index in [9.17, 15) is 26.4 Å². The van der Waals surface area contributed by atoms with Crippen molar-refractivity contribution in [3.8, 4) is 11.5 Å². The predicted molar refractivity (Wildman–Crippen MR) is 250 cm³/mol. The number of nitrogens with two attached hydrogens (primary N) is 2. The fourth-order valence-electron chi connectivity index (χ4n) is 6.14. The van der Waals surface area contributed by atoms with E-state index in [1.54, 1.807) is 79.7 Å². The van der Waals surface area contributed by atoms with Gasteiger partial charge in [0.1, 0.15) is 11.5 Å². The summed E-state index contributed by atoms with van der Waals surface area (Å²) in [5.41, 5.74) is 0. The molecule has 0 spiro atoms. The normalized spacial score (nSPS) is 11.6. The summed E-state index contributed by atoms with van der Waals surface area (Å²) in [6, 6.07) is 17.0. The van der Waals surface area contributed by atoms with Crippen LogP contribution in [-0.2, 0) is 34.7 Å². The summed E-state index contributed by atoms with van der Waals surface area (Å²) in [6.07, 6.45) is 19.6. The van der Waals surface area contributed by atoms with Crippen molar-refractivity contribution in [3.63, 3.8) is 0 Å². The maximum atomic E-state index is 12.0. The summed E-state index contributed by atoms with van der Waals surface area (Å²) in [7, 11) is -4.59. The number of aliphatic imine (C=N–C) groups is 1. The first kappa shape index (κ1) is 56.7. The highest BCUT2D eigenvalue weighted by molar-refractivity contribution is 7.88. The van der Waals surface area contributed by atoms with E-state index in [0.717, 1.165) is 103 Å². The van der Waals surface area contributed by atoms with E-state index in [4.69, 9.17) is 29.6 Å². The molecule has 0 unspecified atom stereocenters. The second kappa shape index (κ2) is 35.1. The third-order valence-electron chi connectivity index (χ3n) is 9.38. The van der Waals surface area contributed by atoms with E-state index in [1.165, 1.54) is 32.1 Å². The van der Waals surface area contributed by atoms with Crippen LogP contribution in [0.1, 0.15) is 135 Å². The number of rotatable bonds is 32. The van der Waals surface area contributed by atoms with E-state index in [2.05, 4.69) is 25.9 Å². The number of guanidine groups is 1. The standard InChI is InChI=1S/C31H63N5O6S.C13H12N2O4S/c1-4-5-6-7-8-15-20-28-42-30(39)23-17-12-10-14-19-26-36(25-18-13-9-11-16-22-29(37)38)27-21-24-33-31(35(2)3)34-43(32,40)41;14-20(16,17)15-13(18-11-7-3-1-4-8-11)19-12-9-5-2-6-10-12/h4-28H2,1-3H3,(H,33,34)(H,37,38)(H2,32,40,41);1-10H,(H2,14,16,17). The zero-order valence-corrected chi connectivity index (χ0v) is 39.5. The number of hydrogen-bond acceptors (Lipinski definition) is 11. The van der Waals surface area contributed by atoms with Crippen molar-refractivity contribution in [1.29, 1.82) is 0 Å². The molecule has 19 heteroatoms. The van der Waals surface area contributed by atoms with Gasteiger partial charge in [0.05, 0.1) is 6.61 Å². The van der Waals surface area contributed by atoms with E-state index < -0.39 is 32.5 Å². The molecular weight excluding hydrogens is 851 g/mol. The molecule has 6 N–H and O–H groups in total. The molecule has 358 valence electrons. The van der Waals surface area contributed by atoms with Gasteiger partial charge >= 0.3 is 28.2 Å². The average molecular weight is 926 g/mol. The SMILES string of the molecule is CCCCCCCCCOC(=O)CCCCCCCN(CCCCCCCC(=O)O)CCCN=C(NS(N)(=O)=O)N(C)C.NS(=O)(=O)N=C(Oc1ccccc1)Oc1ccccc1. The number of unbranched alkanes of at least 4 members (excludes halogenated alkanes) is 14. The molecule has 2 rings (SSSR count). The van der Waals surface area contributed by atoms with Gasteiger partial charge in [0, 0.05) is 33.5 Å². The Morgan fingerprint density at radius 3 is 1.59 bits per heavy atom. The smallest absolute Gasteiger partial charge is 0.411 e. The number of esters is 1. The third-order valence-corrected chi connectivity index (χ3v) is 10.3. The van der Waals surface area contributed by atoms with Gasteiger partial charge in [0.15, 0.2) is 0 Å². The van der Waals surface area contributed by atoms with Crippen LogP contribution in [0.4, 0.5) is 0 Å². The Kier molecular flexibility index (Phi) is 31.6. The largest absolute Gasteiger partial charge is 0.481 e. The van der Waals surface area contributed by atoms with E-state index in [1.807, 2.05) is 0 Å². The summed E-state index contributed by atoms with van der Waals surface area (Å²) in [5.74, 6) is 0.178. The van der Waals surface area contributed by atoms with Crippen molar-refractivity contribution in [2.45, 2.75) is 135 Å². The lowest BCUT2D eigenvalue weighted by Crippen LogP contribution is -2.43. The topological polar surface area (TPSA) is 246 Å². The minimum absolute atomic E-state index is 0.0699. The van der Waals surface area contributed by atoms with Gasteiger partial charge in [-0.25, -0.2) is 15.0 Å². The lowest BCUT2D eigenvalue weighted by atomic mass is 10.1. The summed E-state index contributed by atoms with van der Waals surface area (Å²) in [4.78, 5) is 31.0. The first-order chi connectivity index (χ1) is 30.1. The maximum Gasteiger partial charge on any atom is 0.411 e. The number of para-hydroxylation sites is 2. The van der Waals surface area contributed by atoms with Gasteiger partial charge in [-0.15, -0.1) is 0 Å². The van der Waals surface area contributed by atoms with Crippen molar-refractivity contribution < 1.29 is 45.7 Å². The van der Waals surface area contributed by atoms with E-state index in [-0.39, 0.29) is 18.3 Å². The number of carbonyl (C=O) groups is 2. The highest BCUT2D eigenvalue weighted by Crippen LogP contribution is 2.15. The number of nitrogens with one attached hydrogen (secondary N) is 1. The zero-order valence-electron chi connectivity index (χ0n) is 37.8. The molecule has 0 saturated heterocycles. The summed E-state index contributed by atoms with van der Waals surface area (Å²) < 4.78 is 66.2. The van der Waals surface area contributed by atoms with Crippen LogP contribution in [-0.4, -0.2) is 103 Å². The zero-order chi connectivity index (χ0) is 46.6. The molecular formula is C44H75N7O10S2. The van der Waals surface area contributed by atoms with Crippen LogP contribution in [0.3, 0.4) is 0 Å². The Morgan fingerprint density at radius 2 is 1.11 bits per heavy atom. The number of benzene rings is 2. The number of nitrogens with zero attached hydrogens (tertiary/aromatic N) is 4. The molecule has 0 fully saturated rings. The van der Waals surface area contributed by atoms with Gasteiger partial charge in [0.25, 0.3) is 10.2 Å². The minimum Gasteiger partial charge on any atom is -0.481 e. The lowest BCUT2D eigenvalue weighted by molar-refractivity contribution is -0.144. The van der Waals surface area contributed by atoms with Crippen molar-refractivity contribution >= 4 is 44.4 Å². The monoisotopic (exact) mass is 926 g/mol. The molecule has 0 saturated carbocycles. The number of aliphatic carboxylic acids is 1. The van der Waals surface area contributed by atoms with Gasteiger partial charge < -0.3 is 29.1 Å². The third kappa shape index (κ3) is 35.8. The van der Waals surface area contributed by atoms with Gasteiger partial charge in [-0.05, 0) is 82.4 Å². The maximum absolute atomic E-state index is 12.0. The predicted octanol–water partition coefficient (Wildman–Crippen LogP) is 7.15. The quantitative estimate of drug-likeness (QED) is 0.0247. The molecule has 0 atom stereocenters. The van der Waals surface area contributed by atoms with Crippen LogP contribution >= 0.6 is 0 Å². The molecule has 63 heavy (non-hydrogen) atoms. The Labute approximate surface area is 377 Å². The van der Waals surface area contributed by atoms with E-state index >= 15 is 0 Å². The molecule has 0 aliphatic carbocycles. The fourth-order valence-corrected chi connectivity index (χ4v) is 6.93. The molecule has 0 aromatic heterocycles.